The highest BCUT2D eigenvalue weighted by atomic mass is 35.5. The van der Waals surface area contributed by atoms with Crippen LogP contribution in [0.2, 0.25) is 5.02 Å². The van der Waals surface area contributed by atoms with Gasteiger partial charge in [0, 0.05) is 55.0 Å². The van der Waals surface area contributed by atoms with Crippen LogP contribution in [-0.4, -0.2) is 53.1 Å². The maximum atomic E-state index is 13.2. The zero-order chi connectivity index (χ0) is 20.2. The molecule has 1 N–H and O–H groups in total. The number of hydrogen-bond acceptors (Lipinski definition) is 4. The first kappa shape index (κ1) is 19.4. The fourth-order valence-corrected chi connectivity index (χ4v) is 3.62. The van der Waals surface area contributed by atoms with E-state index < -0.39 is 0 Å². The van der Waals surface area contributed by atoms with Gasteiger partial charge < -0.3 is 10.2 Å². The number of imidazole rings is 1. The molecule has 1 aliphatic rings. The van der Waals surface area contributed by atoms with Gasteiger partial charge in [-0.2, -0.15) is 0 Å². The van der Waals surface area contributed by atoms with E-state index in [1.807, 2.05) is 35.0 Å². The third-order valence-corrected chi connectivity index (χ3v) is 5.07. The predicted octanol–water partition coefficient (Wildman–Crippen LogP) is 3.43. The number of hydrogen-bond donors (Lipinski definition) is 1. The van der Waals surface area contributed by atoms with Crippen LogP contribution in [0.25, 0.3) is 5.69 Å². The molecule has 0 radical (unpaired) electrons. The van der Waals surface area contributed by atoms with E-state index in [2.05, 4.69) is 20.1 Å². The van der Waals surface area contributed by atoms with Gasteiger partial charge in [-0.05, 0) is 36.4 Å². The number of carbonyl (C=O) groups excluding carboxylic acids is 1. The predicted molar refractivity (Wildman–Crippen MR) is 112 cm³/mol. The number of anilines is 2. The lowest BCUT2D eigenvalue weighted by atomic mass is 10.3. The van der Waals surface area contributed by atoms with Crippen LogP contribution in [0.4, 0.5) is 16.0 Å². The minimum Gasteiger partial charge on any atom is -0.339 e. The summed E-state index contributed by atoms with van der Waals surface area (Å²) in [6.45, 7) is 3.25. The number of nitrogens with zero attached hydrogens (tertiary/aromatic N) is 4. The van der Waals surface area contributed by atoms with Gasteiger partial charge in [0.2, 0.25) is 11.9 Å². The van der Waals surface area contributed by atoms with Crippen LogP contribution in [-0.2, 0) is 4.79 Å². The van der Waals surface area contributed by atoms with Crippen molar-refractivity contribution in [1.82, 2.24) is 14.5 Å². The molecule has 0 saturated carbocycles. The number of piperazine rings is 1. The summed E-state index contributed by atoms with van der Waals surface area (Å²) in [4.78, 5) is 21.0. The van der Waals surface area contributed by atoms with Gasteiger partial charge in [-0.1, -0.05) is 23.7 Å². The highest BCUT2D eigenvalue weighted by molar-refractivity contribution is 6.30. The van der Waals surface area contributed by atoms with Crippen molar-refractivity contribution in [3.63, 3.8) is 0 Å². The van der Waals surface area contributed by atoms with E-state index in [0.717, 1.165) is 37.8 Å². The van der Waals surface area contributed by atoms with Gasteiger partial charge >= 0.3 is 0 Å². The molecular formula is C21H21ClFN5O. The van der Waals surface area contributed by atoms with Crippen molar-refractivity contribution >= 4 is 29.1 Å². The number of benzene rings is 2. The molecule has 0 unspecified atom stereocenters. The van der Waals surface area contributed by atoms with Crippen LogP contribution in [0.1, 0.15) is 0 Å². The van der Waals surface area contributed by atoms with Gasteiger partial charge in [0.1, 0.15) is 5.82 Å². The number of amides is 1. The molecule has 0 spiro atoms. The third kappa shape index (κ3) is 4.75. The molecule has 3 aromatic rings. The second kappa shape index (κ2) is 8.63. The molecule has 0 bridgehead atoms. The minimum atomic E-state index is -0.369. The molecule has 1 aliphatic heterocycles. The Morgan fingerprint density at radius 1 is 1.10 bits per heavy atom. The van der Waals surface area contributed by atoms with Crippen LogP contribution in [0.3, 0.4) is 0 Å². The molecule has 1 aromatic heterocycles. The molecule has 1 fully saturated rings. The number of rotatable bonds is 5. The molecule has 0 aliphatic carbocycles. The second-order valence-electron chi connectivity index (χ2n) is 6.90. The number of nitrogens with one attached hydrogen (secondary N) is 1. The Morgan fingerprint density at radius 3 is 2.66 bits per heavy atom. The van der Waals surface area contributed by atoms with Gasteiger partial charge in [0.05, 0.1) is 6.54 Å². The van der Waals surface area contributed by atoms with E-state index in [0.29, 0.717) is 10.7 Å². The van der Waals surface area contributed by atoms with Gasteiger partial charge in [0.25, 0.3) is 0 Å². The summed E-state index contributed by atoms with van der Waals surface area (Å²) in [6.07, 6.45) is 3.69. The molecule has 8 heteroatoms. The fraction of sp³-hybridized carbons (Fsp3) is 0.238. The van der Waals surface area contributed by atoms with E-state index >= 15 is 0 Å². The van der Waals surface area contributed by atoms with Crippen molar-refractivity contribution in [2.75, 3.05) is 42.9 Å². The van der Waals surface area contributed by atoms with Gasteiger partial charge in [0.15, 0.2) is 0 Å². The average Bonchev–Trinajstić information content (AvgIpc) is 3.18. The van der Waals surface area contributed by atoms with Gasteiger partial charge in [-0.25, -0.2) is 9.37 Å². The first-order chi connectivity index (χ1) is 14.1. The van der Waals surface area contributed by atoms with Crippen LogP contribution >= 0.6 is 11.6 Å². The maximum Gasteiger partial charge on any atom is 0.238 e. The Balaban J connectivity index is 1.34. The SMILES string of the molecule is O=C(CN1CCN(c2nccn2-c2cccc(Cl)c2)CC1)Nc1cccc(F)c1. The first-order valence-electron chi connectivity index (χ1n) is 9.40. The molecule has 2 heterocycles. The fourth-order valence-electron chi connectivity index (χ4n) is 3.43. The molecule has 0 atom stereocenters. The van der Waals surface area contributed by atoms with Gasteiger partial charge in [-0.15, -0.1) is 0 Å². The molecule has 1 amide bonds. The quantitative estimate of drug-likeness (QED) is 0.696. The Bertz CT molecular complexity index is 1000. The van der Waals surface area contributed by atoms with Crippen molar-refractivity contribution in [2.45, 2.75) is 0 Å². The Labute approximate surface area is 173 Å². The van der Waals surface area contributed by atoms with E-state index in [4.69, 9.17) is 11.6 Å². The first-order valence-corrected chi connectivity index (χ1v) is 9.78. The van der Waals surface area contributed by atoms with Crippen molar-refractivity contribution in [1.29, 1.82) is 0 Å². The summed E-state index contributed by atoms with van der Waals surface area (Å²) in [5.41, 5.74) is 1.43. The average molecular weight is 414 g/mol. The second-order valence-corrected chi connectivity index (χ2v) is 7.34. The lowest BCUT2D eigenvalue weighted by Crippen LogP contribution is -2.49. The number of aromatic nitrogens is 2. The standard InChI is InChI=1S/C21H21ClFN5O/c22-16-3-1-6-19(13-16)28-8-7-24-21(28)27-11-9-26(10-12-27)15-20(29)25-18-5-2-4-17(23)14-18/h1-8,13-14H,9-12,15H2,(H,25,29). The van der Waals surface area contributed by atoms with Gasteiger partial charge in [-0.3, -0.25) is 14.3 Å². The maximum absolute atomic E-state index is 13.2. The van der Waals surface area contributed by atoms with Crippen molar-refractivity contribution in [3.8, 4) is 5.69 Å². The summed E-state index contributed by atoms with van der Waals surface area (Å²) in [5, 5.41) is 3.42. The number of halogens is 2. The Kier molecular flexibility index (Phi) is 5.78. The highest BCUT2D eigenvalue weighted by Crippen LogP contribution is 2.22. The molecular weight excluding hydrogens is 393 g/mol. The third-order valence-electron chi connectivity index (χ3n) is 4.84. The summed E-state index contributed by atoms with van der Waals surface area (Å²) in [5.74, 6) is 0.340. The highest BCUT2D eigenvalue weighted by Gasteiger charge is 2.22. The monoisotopic (exact) mass is 413 g/mol. The van der Waals surface area contributed by atoms with Crippen LogP contribution < -0.4 is 10.2 Å². The molecule has 150 valence electrons. The van der Waals surface area contributed by atoms with E-state index in [9.17, 15) is 9.18 Å². The zero-order valence-corrected chi connectivity index (χ0v) is 16.5. The van der Waals surface area contributed by atoms with Crippen molar-refractivity contribution < 1.29 is 9.18 Å². The Morgan fingerprint density at radius 2 is 1.90 bits per heavy atom. The molecule has 1 saturated heterocycles. The smallest absolute Gasteiger partial charge is 0.238 e. The lowest BCUT2D eigenvalue weighted by molar-refractivity contribution is -0.117. The minimum absolute atomic E-state index is 0.149. The van der Waals surface area contributed by atoms with E-state index in [-0.39, 0.29) is 18.3 Å². The van der Waals surface area contributed by atoms with Crippen LogP contribution in [0.5, 0.6) is 0 Å². The molecule has 29 heavy (non-hydrogen) atoms. The normalized spacial score (nSPS) is 14.8. The van der Waals surface area contributed by atoms with Crippen molar-refractivity contribution in [2.24, 2.45) is 0 Å². The Hall–Kier alpha value is -2.90. The van der Waals surface area contributed by atoms with Crippen molar-refractivity contribution in [3.05, 3.63) is 71.8 Å². The largest absolute Gasteiger partial charge is 0.339 e. The van der Waals surface area contributed by atoms with E-state index in [1.54, 1.807) is 18.3 Å². The topological polar surface area (TPSA) is 53.4 Å². The summed E-state index contributed by atoms with van der Waals surface area (Å²) < 4.78 is 15.3. The molecule has 6 nitrogen and oxygen atoms in total. The van der Waals surface area contributed by atoms with Crippen LogP contribution in [0, 0.1) is 5.82 Å². The molecule has 2 aromatic carbocycles. The summed E-state index contributed by atoms with van der Waals surface area (Å²) in [6, 6.07) is 13.6. The van der Waals surface area contributed by atoms with E-state index in [1.165, 1.54) is 12.1 Å². The molecule has 4 rings (SSSR count). The summed E-state index contributed by atoms with van der Waals surface area (Å²) in [7, 11) is 0. The van der Waals surface area contributed by atoms with Crippen LogP contribution in [0.15, 0.2) is 60.9 Å². The number of carbonyl (C=O) groups is 1. The lowest BCUT2D eigenvalue weighted by Gasteiger charge is -2.35. The summed E-state index contributed by atoms with van der Waals surface area (Å²) >= 11 is 6.12. The zero-order valence-electron chi connectivity index (χ0n) is 15.8.